The predicted octanol–water partition coefficient (Wildman–Crippen LogP) is 2.86. The van der Waals surface area contributed by atoms with Gasteiger partial charge < -0.3 is 9.84 Å². The molecule has 12 heavy (non-hydrogen) atoms. The standard InChI is InChI=1S/C9H11BrO2/c1-3-12-8-5-6(2)4-7(10)9(8)11/h4-5,11H,3H2,1-2H3. The number of aromatic hydroxyl groups is 1. The van der Waals surface area contributed by atoms with Crippen molar-refractivity contribution in [2.75, 3.05) is 6.61 Å². The van der Waals surface area contributed by atoms with E-state index < -0.39 is 0 Å². The van der Waals surface area contributed by atoms with Gasteiger partial charge in [0.25, 0.3) is 0 Å². The molecular formula is C9H11BrO2. The van der Waals surface area contributed by atoms with Crippen molar-refractivity contribution in [3.63, 3.8) is 0 Å². The van der Waals surface area contributed by atoms with E-state index in [4.69, 9.17) is 4.74 Å². The van der Waals surface area contributed by atoms with Gasteiger partial charge in [0, 0.05) is 0 Å². The molecule has 1 aromatic carbocycles. The summed E-state index contributed by atoms with van der Waals surface area (Å²) >= 11 is 3.24. The summed E-state index contributed by atoms with van der Waals surface area (Å²) < 4.78 is 5.89. The van der Waals surface area contributed by atoms with Crippen molar-refractivity contribution < 1.29 is 9.84 Å². The van der Waals surface area contributed by atoms with Crippen LogP contribution in [0.1, 0.15) is 12.5 Å². The van der Waals surface area contributed by atoms with Crippen LogP contribution in [0.3, 0.4) is 0 Å². The van der Waals surface area contributed by atoms with Crippen molar-refractivity contribution in [3.05, 3.63) is 22.2 Å². The number of phenols is 1. The van der Waals surface area contributed by atoms with Crippen LogP contribution in [-0.4, -0.2) is 11.7 Å². The van der Waals surface area contributed by atoms with Gasteiger partial charge in [-0.15, -0.1) is 0 Å². The van der Waals surface area contributed by atoms with E-state index in [0.717, 1.165) is 5.56 Å². The fourth-order valence-corrected chi connectivity index (χ4v) is 1.52. The van der Waals surface area contributed by atoms with Gasteiger partial charge in [-0.25, -0.2) is 0 Å². The summed E-state index contributed by atoms with van der Waals surface area (Å²) in [5, 5.41) is 9.48. The van der Waals surface area contributed by atoms with Gasteiger partial charge in [0.2, 0.25) is 0 Å². The van der Waals surface area contributed by atoms with Gasteiger partial charge in [-0.3, -0.25) is 0 Å². The smallest absolute Gasteiger partial charge is 0.172 e. The van der Waals surface area contributed by atoms with Crippen molar-refractivity contribution in [2.45, 2.75) is 13.8 Å². The second-order valence-electron chi connectivity index (χ2n) is 2.53. The van der Waals surface area contributed by atoms with E-state index in [9.17, 15) is 5.11 Å². The Bertz CT molecular complexity index is 284. The fraction of sp³-hybridized carbons (Fsp3) is 0.333. The second-order valence-corrected chi connectivity index (χ2v) is 3.38. The quantitative estimate of drug-likeness (QED) is 0.847. The Morgan fingerprint density at radius 2 is 2.17 bits per heavy atom. The van der Waals surface area contributed by atoms with Crippen molar-refractivity contribution in [1.82, 2.24) is 0 Å². The lowest BCUT2D eigenvalue weighted by atomic mass is 10.2. The molecule has 0 spiro atoms. The zero-order valence-corrected chi connectivity index (χ0v) is 8.68. The number of phenolic OH excluding ortho intramolecular Hbond substituents is 1. The van der Waals surface area contributed by atoms with Gasteiger partial charge in [-0.1, -0.05) is 0 Å². The lowest BCUT2D eigenvalue weighted by Gasteiger charge is -2.07. The van der Waals surface area contributed by atoms with Gasteiger partial charge in [-0.2, -0.15) is 0 Å². The highest BCUT2D eigenvalue weighted by molar-refractivity contribution is 9.10. The molecule has 0 unspecified atom stereocenters. The van der Waals surface area contributed by atoms with E-state index in [0.29, 0.717) is 16.8 Å². The van der Waals surface area contributed by atoms with Crippen molar-refractivity contribution >= 4 is 15.9 Å². The molecule has 1 N–H and O–H groups in total. The second kappa shape index (κ2) is 3.81. The topological polar surface area (TPSA) is 29.5 Å². The van der Waals surface area contributed by atoms with Crippen LogP contribution in [0.5, 0.6) is 11.5 Å². The summed E-state index contributed by atoms with van der Waals surface area (Å²) in [5.74, 6) is 0.701. The zero-order chi connectivity index (χ0) is 9.14. The first kappa shape index (κ1) is 9.39. The molecule has 0 fully saturated rings. The first-order valence-electron chi connectivity index (χ1n) is 3.77. The van der Waals surface area contributed by atoms with E-state index >= 15 is 0 Å². The van der Waals surface area contributed by atoms with Crippen LogP contribution in [0.2, 0.25) is 0 Å². The Kier molecular flexibility index (Phi) is 2.98. The number of hydrogen-bond acceptors (Lipinski definition) is 2. The minimum absolute atomic E-state index is 0.169. The van der Waals surface area contributed by atoms with Crippen molar-refractivity contribution in [1.29, 1.82) is 0 Å². The van der Waals surface area contributed by atoms with Crippen molar-refractivity contribution in [3.8, 4) is 11.5 Å². The first-order chi connectivity index (χ1) is 5.65. The summed E-state index contributed by atoms with van der Waals surface area (Å²) in [6, 6.07) is 3.65. The minimum atomic E-state index is 0.169. The Morgan fingerprint density at radius 1 is 1.50 bits per heavy atom. The highest BCUT2D eigenvalue weighted by Gasteiger charge is 2.06. The predicted molar refractivity (Wildman–Crippen MR) is 51.7 cm³/mol. The Balaban J connectivity index is 3.09. The van der Waals surface area contributed by atoms with Crippen LogP contribution in [-0.2, 0) is 0 Å². The monoisotopic (exact) mass is 230 g/mol. The first-order valence-corrected chi connectivity index (χ1v) is 4.56. The molecule has 0 saturated heterocycles. The molecule has 2 nitrogen and oxygen atoms in total. The van der Waals surface area contributed by atoms with E-state index in [1.54, 1.807) is 0 Å². The number of aryl methyl sites for hydroxylation is 1. The molecule has 0 amide bonds. The largest absolute Gasteiger partial charge is 0.503 e. The van der Waals surface area contributed by atoms with Crippen LogP contribution in [0.15, 0.2) is 16.6 Å². The Labute approximate surface area is 80.3 Å². The van der Waals surface area contributed by atoms with Gasteiger partial charge in [0.15, 0.2) is 11.5 Å². The normalized spacial score (nSPS) is 9.92. The molecule has 0 saturated carbocycles. The molecule has 0 aliphatic rings. The average Bonchev–Trinajstić information content (AvgIpc) is 2.00. The van der Waals surface area contributed by atoms with Gasteiger partial charge in [-0.05, 0) is 47.5 Å². The van der Waals surface area contributed by atoms with Crippen LogP contribution >= 0.6 is 15.9 Å². The third kappa shape index (κ3) is 1.91. The zero-order valence-electron chi connectivity index (χ0n) is 7.10. The van der Waals surface area contributed by atoms with Crippen LogP contribution in [0, 0.1) is 6.92 Å². The van der Waals surface area contributed by atoms with Gasteiger partial charge in [0.1, 0.15) is 0 Å². The number of rotatable bonds is 2. The van der Waals surface area contributed by atoms with E-state index in [2.05, 4.69) is 15.9 Å². The van der Waals surface area contributed by atoms with Crippen LogP contribution in [0.25, 0.3) is 0 Å². The fourth-order valence-electron chi connectivity index (χ4n) is 0.968. The average molecular weight is 231 g/mol. The van der Waals surface area contributed by atoms with E-state index in [-0.39, 0.29) is 5.75 Å². The highest BCUT2D eigenvalue weighted by atomic mass is 79.9. The third-order valence-corrected chi connectivity index (χ3v) is 2.08. The lowest BCUT2D eigenvalue weighted by Crippen LogP contribution is -1.92. The minimum Gasteiger partial charge on any atom is -0.503 e. The van der Waals surface area contributed by atoms with Crippen LogP contribution < -0.4 is 4.74 Å². The van der Waals surface area contributed by atoms with Gasteiger partial charge in [0.05, 0.1) is 11.1 Å². The third-order valence-electron chi connectivity index (χ3n) is 1.47. The summed E-state index contributed by atoms with van der Waals surface area (Å²) in [6.45, 7) is 4.39. The Morgan fingerprint density at radius 3 is 2.75 bits per heavy atom. The van der Waals surface area contributed by atoms with E-state index in [1.807, 2.05) is 26.0 Å². The lowest BCUT2D eigenvalue weighted by molar-refractivity contribution is 0.317. The molecule has 0 aliphatic carbocycles. The summed E-state index contributed by atoms with van der Waals surface area (Å²) in [5.41, 5.74) is 1.06. The van der Waals surface area contributed by atoms with Crippen LogP contribution in [0.4, 0.5) is 0 Å². The molecule has 0 heterocycles. The molecule has 1 aromatic rings. The number of halogens is 1. The molecule has 0 bridgehead atoms. The molecule has 0 aliphatic heterocycles. The maximum absolute atomic E-state index is 9.48. The molecule has 3 heteroatoms. The van der Waals surface area contributed by atoms with Gasteiger partial charge >= 0.3 is 0 Å². The molecular weight excluding hydrogens is 220 g/mol. The number of benzene rings is 1. The molecule has 66 valence electrons. The maximum atomic E-state index is 9.48. The summed E-state index contributed by atoms with van der Waals surface area (Å²) in [4.78, 5) is 0. The summed E-state index contributed by atoms with van der Waals surface area (Å²) in [7, 11) is 0. The SMILES string of the molecule is CCOc1cc(C)cc(Br)c1O. The molecule has 0 atom stereocenters. The molecule has 0 aromatic heterocycles. The Hall–Kier alpha value is -0.700. The molecule has 0 radical (unpaired) electrons. The number of hydrogen-bond donors (Lipinski definition) is 1. The highest BCUT2D eigenvalue weighted by Crippen LogP contribution is 2.34. The maximum Gasteiger partial charge on any atom is 0.172 e. The van der Waals surface area contributed by atoms with Crippen molar-refractivity contribution in [2.24, 2.45) is 0 Å². The van der Waals surface area contributed by atoms with E-state index in [1.165, 1.54) is 0 Å². The number of ether oxygens (including phenoxy) is 1. The molecule has 1 rings (SSSR count). The summed E-state index contributed by atoms with van der Waals surface area (Å²) in [6.07, 6.45) is 0.